The number of nitriles is 1. The highest BCUT2D eigenvalue weighted by atomic mass is 16.5. The zero-order valence-electron chi connectivity index (χ0n) is 9.52. The highest BCUT2D eigenvalue weighted by Crippen LogP contribution is 2.26. The van der Waals surface area contributed by atoms with Gasteiger partial charge in [0.25, 0.3) is 0 Å². The summed E-state index contributed by atoms with van der Waals surface area (Å²) in [6, 6.07) is 3.84. The van der Waals surface area contributed by atoms with Gasteiger partial charge in [-0.15, -0.1) is 0 Å². The van der Waals surface area contributed by atoms with Crippen molar-refractivity contribution in [2.75, 3.05) is 19.6 Å². The lowest BCUT2D eigenvalue weighted by Crippen LogP contribution is -2.45. The van der Waals surface area contributed by atoms with Gasteiger partial charge in [-0.2, -0.15) is 10.2 Å². The molecule has 0 amide bonds. The van der Waals surface area contributed by atoms with E-state index >= 15 is 0 Å². The fourth-order valence-corrected chi connectivity index (χ4v) is 1.86. The lowest BCUT2D eigenvalue weighted by molar-refractivity contribution is 0.142. The van der Waals surface area contributed by atoms with Crippen LogP contribution in [-0.2, 0) is 0 Å². The molecule has 7 nitrogen and oxygen atoms in total. The zero-order valence-corrected chi connectivity index (χ0v) is 9.52. The van der Waals surface area contributed by atoms with Crippen LogP contribution in [0.1, 0.15) is 11.8 Å². The van der Waals surface area contributed by atoms with Gasteiger partial charge in [0.1, 0.15) is 0 Å². The van der Waals surface area contributed by atoms with Gasteiger partial charge >= 0.3 is 0 Å². The average molecular weight is 242 g/mol. The third kappa shape index (κ3) is 1.94. The molecule has 90 valence electrons. The minimum atomic E-state index is 0.211. The lowest BCUT2D eigenvalue weighted by atomic mass is 10.0. The highest BCUT2D eigenvalue weighted by molar-refractivity contribution is 5.40. The number of hydrogen-bond acceptors (Lipinski definition) is 7. The predicted octanol–water partition coefficient (Wildman–Crippen LogP) is 0.449. The molecule has 7 heteroatoms. The summed E-state index contributed by atoms with van der Waals surface area (Å²) in [5, 5.41) is 12.4. The van der Waals surface area contributed by atoms with Gasteiger partial charge in [-0.25, -0.2) is 9.97 Å². The fraction of sp³-hybridized carbons (Fsp3) is 0.364. The van der Waals surface area contributed by atoms with Gasteiger partial charge in [0.05, 0.1) is 18.5 Å². The van der Waals surface area contributed by atoms with Crippen LogP contribution in [0.5, 0.6) is 0 Å². The highest BCUT2D eigenvalue weighted by Gasteiger charge is 2.32. The second kappa shape index (κ2) is 4.50. The fourth-order valence-electron chi connectivity index (χ4n) is 1.86. The Hall–Kier alpha value is -2.33. The second-order valence-electron chi connectivity index (χ2n) is 4.08. The monoisotopic (exact) mass is 242 g/mol. The summed E-state index contributed by atoms with van der Waals surface area (Å²) in [4.78, 5) is 14.4. The SMILES string of the molecule is N#CCN1CC(c2nc(-c3ncccn3)no2)C1. The molecule has 0 unspecified atom stereocenters. The first kappa shape index (κ1) is 10.8. The summed E-state index contributed by atoms with van der Waals surface area (Å²) >= 11 is 0. The van der Waals surface area contributed by atoms with E-state index in [0.29, 0.717) is 24.1 Å². The predicted molar refractivity (Wildman–Crippen MR) is 60.1 cm³/mol. The van der Waals surface area contributed by atoms with Gasteiger partial charge in [-0.05, 0) is 6.07 Å². The topological polar surface area (TPSA) is 91.7 Å². The van der Waals surface area contributed by atoms with Crippen molar-refractivity contribution in [1.82, 2.24) is 25.0 Å². The van der Waals surface area contributed by atoms with Crippen molar-refractivity contribution in [2.24, 2.45) is 0 Å². The summed E-state index contributed by atoms with van der Waals surface area (Å²) in [5.74, 6) is 1.67. The van der Waals surface area contributed by atoms with Crippen LogP contribution in [0.15, 0.2) is 23.0 Å². The Kier molecular flexibility index (Phi) is 2.70. The molecule has 1 aliphatic heterocycles. The largest absolute Gasteiger partial charge is 0.338 e. The first-order valence-corrected chi connectivity index (χ1v) is 5.57. The second-order valence-corrected chi connectivity index (χ2v) is 4.08. The van der Waals surface area contributed by atoms with Crippen molar-refractivity contribution in [3.63, 3.8) is 0 Å². The van der Waals surface area contributed by atoms with Crippen molar-refractivity contribution in [2.45, 2.75) is 5.92 Å². The Bertz CT molecular complexity index is 569. The standard InChI is InChI=1S/C11H10N6O/c12-2-5-17-6-8(7-17)11-15-10(16-18-11)9-13-3-1-4-14-9/h1,3-4,8H,5-7H2. The van der Waals surface area contributed by atoms with E-state index in [1.165, 1.54) is 0 Å². The molecule has 0 spiro atoms. The molecule has 0 atom stereocenters. The van der Waals surface area contributed by atoms with Gasteiger partial charge in [-0.1, -0.05) is 5.16 Å². The molecule has 18 heavy (non-hydrogen) atoms. The van der Waals surface area contributed by atoms with Crippen molar-refractivity contribution >= 4 is 0 Å². The van der Waals surface area contributed by atoms with Crippen molar-refractivity contribution in [1.29, 1.82) is 5.26 Å². The van der Waals surface area contributed by atoms with Crippen LogP contribution in [0.4, 0.5) is 0 Å². The molecule has 3 rings (SSSR count). The summed E-state index contributed by atoms with van der Waals surface area (Å²) in [5.41, 5.74) is 0. The van der Waals surface area contributed by atoms with Gasteiger partial charge in [0.15, 0.2) is 0 Å². The molecule has 0 aliphatic carbocycles. The van der Waals surface area contributed by atoms with E-state index < -0.39 is 0 Å². The van der Waals surface area contributed by atoms with E-state index in [1.807, 2.05) is 4.90 Å². The van der Waals surface area contributed by atoms with Crippen LogP contribution in [0.3, 0.4) is 0 Å². The lowest BCUT2D eigenvalue weighted by Gasteiger charge is -2.34. The van der Waals surface area contributed by atoms with Crippen molar-refractivity contribution in [3.8, 4) is 17.7 Å². The number of nitrogens with zero attached hydrogens (tertiary/aromatic N) is 6. The number of rotatable bonds is 3. The van der Waals surface area contributed by atoms with Crippen LogP contribution in [0, 0.1) is 11.3 Å². The number of aromatic nitrogens is 4. The molecule has 0 saturated carbocycles. The van der Waals surface area contributed by atoms with E-state index in [9.17, 15) is 0 Å². The molecule has 3 heterocycles. The minimum Gasteiger partial charge on any atom is -0.338 e. The summed E-state index contributed by atoms with van der Waals surface area (Å²) < 4.78 is 5.20. The van der Waals surface area contributed by atoms with Crippen LogP contribution >= 0.6 is 0 Å². The van der Waals surface area contributed by atoms with Crippen LogP contribution < -0.4 is 0 Å². The summed E-state index contributed by atoms with van der Waals surface area (Å²) in [6.07, 6.45) is 3.27. The van der Waals surface area contributed by atoms with E-state index in [-0.39, 0.29) is 5.92 Å². The number of hydrogen-bond donors (Lipinski definition) is 0. The average Bonchev–Trinajstić information content (AvgIpc) is 2.83. The molecule has 1 aliphatic rings. The Morgan fingerprint density at radius 1 is 1.33 bits per heavy atom. The molecule has 1 saturated heterocycles. The van der Waals surface area contributed by atoms with E-state index in [4.69, 9.17) is 9.78 Å². The minimum absolute atomic E-state index is 0.211. The summed E-state index contributed by atoms with van der Waals surface area (Å²) in [7, 11) is 0. The van der Waals surface area contributed by atoms with Gasteiger partial charge < -0.3 is 4.52 Å². The molecule has 2 aromatic heterocycles. The maximum atomic E-state index is 8.55. The van der Waals surface area contributed by atoms with Crippen LogP contribution in [-0.4, -0.2) is 44.6 Å². The molecule has 0 radical (unpaired) electrons. The zero-order chi connectivity index (χ0) is 12.4. The first-order valence-electron chi connectivity index (χ1n) is 5.57. The Morgan fingerprint density at radius 2 is 2.11 bits per heavy atom. The van der Waals surface area contributed by atoms with E-state index in [2.05, 4.69) is 26.2 Å². The van der Waals surface area contributed by atoms with Gasteiger partial charge in [0, 0.05) is 25.5 Å². The van der Waals surface area contributed by atoms with Crippen LogP contribution in [0.25, 0.3) is 11.6 Å². The smallest absolute Gasteiger partial charge is 0.240 e. The molecule has 1 fully saturated rings. The van der Waals surface area contributed by atoms with Crippen molar-refractivity contribution < 1.29 is 4.52 Å². The van der Waals surface area contributed by atoms with Crippen LogP contribution in [0.2, 0.25) is 0 Å². The third-order valence-corrected chi connectivity index (χ3v) is 2.81. The van der Waals surface area contributed by atoms with Crippen molar-refractivity contribution in [3.05, 3.63) is 24.4 Å². The van der Waals surface area contributed by atoms with E-state index in [1.54, 1.807) is 18.5 Å². The molecule has 0 aromatic carbocycles. The normalized spacial score (nSPS) is 16.2. The maximum absolute atomic E-state index is 8.55. The first-order chi connectivity index (χ1) is 8.86. The molecular weight excluding hydrogens is 232 g/mol. The molecule has 0 bridgehead atoms. The Morgan fingerprint density at radius 3 is 2.83 bits per heavy atom. The Balaban J connectivity index is 1.70. The van der Waals surface area contributed by atoms with E-state index in [0.717, 1.165) is 13.1 Å². The summed E-state index contributed by atoms with van der Waals surface area (Å²) in [6.45, 7) is 2.01. The molecule has 0 N–H and O–H groups in total. The third-order valence-electron chi connectivity index (χ3n) is 2.81. The van der Waals surface area contributed by atoms with Gasteiger partial charge in [-0.3, -0.25) is 4.90 Å². The Labute approximate surface area is 103 Å². The molecular formula is C11H10N6O. The quantitative estimate of drug-likeness (QED) is 0.721. The number of likely N-dealkylation sites (tertiary alicyclic amines) is 1. The van der Waals surface area contributed by atoms with Gasteiger partial charge in [0.2, 0.25) is 17.5 Å². The molecule has 2 aromatic rings. The maximum Gasteiger partial charge on any atom is 0.240 e.